The van der Waals surface area contributed by atoms with E-state index in [1.807, 2.05) is 0 Å². The van der Waals surface area contributed by atoms with Crippen LogP contribution in [0.15, 0.2) is 0 Å². The average Bonchev–Trinajstić information content (AvgIpc) is 3.06. The Balaban J connectivity index is 1.50. The lowest BCUT2D eigenvalue weighted by Gasteiger charge is -2.40. The van der Waals surface area contributed by atoms with Crippen LogP contribution in [0.4, 0.5) is 4.79 Å². The summed E-state index contributed by atoms with van der Waals surface area (Å²) in [5.74, 6) is 2.03. The van der Waals surface area contributed by atoms with Crippen molar-refractivity contribution in [2.75, 3.05) is 6.54 Å². The molecule has 1 heterocycles. The second kappa shape index (κ2) is 4.99. The highest BCUT2D eigenvalue weighted by Gasteiger charge is 2.57. The van der Waals surface area contributed by atoms with E-state index >= 15 is 0 Å². The molecule has 0 spiro atoms. The number of amides is 2. The maximum atomic E-state index is 12.8. The molecule has 21 heavy (non-hydrogen) atoms. The molecule has 4 nitrogen and oxygen atoms in total. The summed E-state index contributed by atoms with van der Waals surface area (Å²) < 4.78 is 5.67. The van der Waals surface area contributed by atoms with Crippen LogP contribution in [0.5, 0.6) is 0 Å². The Morgan fingerprint density at radius 1 is 1.10 bits per heavy atom. The first kappa shape index (κ1) is 13.6. The summed E-state index contributed by atoms with van der Waals surface area (Å²) in [5, 5.41) is 0. The van der Waals surface area contributed by atoms with Crippen molar-refractivity contribution < 1.29 is 14.3 Å². The normalized spacial score (nSPS) is 45.7. The van der Waals surface area contributed by atoms with Gasteiger partial charge in [-0.1, -0.05) is 26.2 Å². The lowest BCUT2D eigenvalue weighted by atomic mass is 9.79. The van der Waals surface area contributed by atoms with E-state index in [1.165, 1.54) is 24.2 Å². The first-order valence-electron chi connectivity index (χ1n) is 8.67. The minimum atomic E-state index is -0.369. The molecule has 0 aromatic heterocycles. The standard InChI is InChI=1S/C17H25NO3/c1-10-4-2-3-5-13(10)9-18-16(19)14-11-6-7-12(8-11)15(14)21-17(18)20/h10-15H,2-9H2,1H3/t10-,11?,12?,13+,14-,15+/m1/s1. The predicted molar refractivity (Wildman–Crippen MR) is 77.4 cm³/mol. The van der Waals surface area contributed by atoms with Gasteiger partial charge in [-0.05, 0) is 49.4 Å². The van der Waals surface area contributed by atoms with E-state index in [0.717, 1.165) is 25.7 Å². The molecule has 4 heteroatoms. The Morgan fingerprint density at radius 2 is 1.86 bits per heavy atom. The van der Waals surface area contributed by atoms with E-state index in [1.54, 1.807) is 0 Å². The molecule has 4 fully saturated rings. The van der Waals surface area contributed by atoms with Gasteiger partial charge in [-0.2, -0.15) is 0 Å². The zero-order chi connectivity index (χ0) is 14.6. The number of carbonyl (C=O) groups is 2. The van der Waals surface area contributed by atoms with E-state index in [9.17, 15) is 9.59 Å². The molecule has 2 bridgehead atoms. The molecule has 2 unspecified atom stereocenters. The number of imide groups is 1. The summed E-state index contributed by atoms with van der Waals surface area (Å²) >= 11 is 0. The zero-order valence-corrected chi connectivity index (χ0v) is 12.8. The van der Waals surface area contributed by atoms with Crippen LogP contribution in [0.25, 0.3) is 0 Å². The molecule has 1 aliphatic heterocycles. The van der Waals surface area contributed by atoms with Gasteiger partial charge in [0, 0.05) is 6.54 Å². The van der Waals surface area contributed by atoms with E-state index in [4.69, 9.17) is 4.74 Å². The van der Waals surface area contributed by atoms with Gasteiger partial charge in [0.1, 0.15) is 6.10 Å². The predicted octanol–water partition coefficient (Wildman–Crippen LogP) is 3.21. The first-order valence-corrected chi connectivity index (χ1v) is 8.67. The number of fused-ring (bicyclic) bond motifs is 5. The summed E-state index contributed by atoms with van der Waals surface area (Å²) in [7, 11) is 0. The monoisotopic (exact) mass is 291 g/mol. The van der Waals surface area contributed by atoms with Gasteiger partial charge in [-0.25, -0.2) is 9.69 Å². The van der Waals surface area contributed by atoms with E-state index < -0.39 is 0 Å². The van der Waals surface area contributed by atoms with Gasteiger partial charge in [0.05, 0.1) is 5.92 Å². The minimum Gasteiger partial charge on any atom is -0.445 e. The molecule has 3 saturated carbocycles. The SMILES string of the molecule is C[C@@H]1CCCC[C@H]1CN1C(=O)O[C@H]2C3CCC(C3)[C@H]2C1=O. The molecule has 2 amide bonds. The summed E-state index contributed by atoms with van der Waals surface area (Å²) in [5.41, 5.74) is 0. The quantitative estimate of drug-likeness (QED) is 0.785. The summed E-state index contributed by atoms with van der Waals surface area (Å²) in [4.78, 5) is 26.6. The molecular weight excluding hydrogens is 266 g/mol. The molecule has 0 aromatic carbocycles. The van der Waals surface area contributed by atoms with Crippen LogP contribution in [0.2, 0.25) is 0 Å². The van der Waals surface area contributed by atoms with Crippen molar-refractivity contribution in [2.45, 2.75) is 58.0 Å². The number of ether oxygens (including phenoxy) is 1. The lowest BCUT2D eigenvalue weighted by molar-refractivity contribution is -0.149. The Hall–Kier alpha value is -1.06. The molecule has 1 saturated heterocycles. The Morgan fingerprint density at radius 3 is 2.67 bits per heavy atom. The third kappa shape index (κ3) is 2.09. The topological polar surface area (TPSA) is 46.6 Å². The van der Waals surface area contributed by atoms with Crippen molar-refractivity contribution in [1.82, 2.24) is 4.90 Å². The van der Waals surface area contributed by atoms with Gasteiger partial charge >= 0.3 is 6.09 Å². The van der Waals surface area contributed by atoms with Crippen LogP contribution in [-0.4, -0.2) is 29.5 Å². The molecule has 0 N–H and O–H groups in total. The van der Waals surface area contributed by atoms with Gasteiger partial charge in [0.25, 0.3) is 0 Å². The summed E-state index contributed by atoms with van der Waals surface area (Å²) in [6, 6.07) is 0. The molecule has 3 aliphatic carbocycles. The molecule has 6 atom stereocenters. The van der Waals surface area contributed by atoms with E-state index in [-0.39, 0.29) is 24.0 Å². The Bertz CT molecular complexity index is 463. The van der Waals surface area contributed by atoms with Gasteiger partial charge in [0.15, 0.2) is 0 Å². The largest absolute Gasteiger partial charge is 0.445 e. The highest BCUT2D eigenvalue weighted by atomic mass is 16.6. The van der Waals surface area contributed by atoms with E-state index in [2.05, 4.69) is 6.92 Å². The highest BCUT2D eigenvalue weighted by Crippen LogP contribution is 2.52. The second-order valence-corrected chi connectivity index (χ2v) is 7.68. The number of rotatable bonds is 2. The highest BCUT2D eigenvalue weighted by molar-refractivity contribution is 5.96. The smallest absolute Gasteiger partial charge is 0.416 e. The van der Waals surface area contributed by atoms with Crippen LogP contribution in [0, 0.1) is 29.6 Å². The van der Waals surface area contributed by atoms with Crippen LogP contribution in [0.3, 0.4) is 0 Å². The van der Waals surface area contributed by atoms with Gasteiger partial charge in [-0.3, -0.25) is 4.79 Å². The number of nitrogens with zero attached hydrogens (tertiary/aromatic N) is 1. The average molecular weight is 291 g/mol. The van der Waals surface area contributed by atoms with Gasteiger partial charge in [0.2, 0.25) is 5.91 Å². The van der Waals surface area contributed by atoms with Crippen molar-refractivity contribution >= 4 is 12.0 Å². The lowest BCUT2D eigenvalue weighted by Crippen LogP contribution is -2.55. The number of hydrogen-bond acceptors (Lipinski definition) is 3. The van der Waals surface area contributed by atoms with Crippen LogP contribution < -0.4 is 0 Å². The summed E-state index contributed by atoms with van der Waals surface area (Å²) in [6.45, 7) is 2.84. The van der Waals surface area contributed by atoms with Crippen LogP contribution in [-0.2, 0) is 9.53 Å². The summed E-state index contributed by atoms with van der Waals surface area (Å²) in [6.07, 6.45) is 7.75. The first-order chi connectivity index (χ1) is 10.1. The third-order valence-corrected chi connectivity index (χ3v) is 6.55. The molecular formula is C17H25NO3. The number of carbonyl (C=O) groups excluding carboxylic acids is 2. The maximum Gasteiger partial charge on any atom is 0.416 e. The molecule has 4 aliphatic rings. The van der Waals surface area contributed by atoms with Crippen molar-refractivity contribution in [1.29, 1.82) is 0 Å². The van der Waals surface area contributed by atoms with Crippen molar-refractivity contribution in [2.24, 2.45) is 29.6 Å². The second-order valence-electron chi connectivity index (χ2n) is 7.68. The third-order valence-electron chi connectivity index (χ3n) is 6.55. The fourth-order valence-electron chi connectivity index (χ4n) is 5.26. The zero-order valence-electron chi connectivity index (χ0n) is 12.8. The van der Waals surface area contributed by atoms with Crippen molar-refractivity contribution in [3.05, 3.63) is 0 Å². The van der Waals surface area contributed by atoms with E-state index in [0.29, 0.717) is 30.2 Å². The fourth-order valence-corrected chi connectivity index (χ4v) is 5.26. The molecule has 116 valence electrons. The van der Waals surface area contributed by atoms with Crippen molar-refractivity contribution in [3.8, 4) is 0 Å². The van der Waals surface area contributed by atoms with Gasteiger partial charge in [-0.15, -0.1) is 0 Å². The van der Waals surface area contributed by atoms with Crippen molar-refractivity contribution in [3.63, 3.8) is 0 Å². The van der Waals surface area contributed by atoms with Crippen LogP contribution >= 0.6 is 0 Å². The molecule has 0 radical (unpaired) electrons. The molecule has 0 aromatic rings. The molecule has 4 rings (SSSR count). The van der Waals surface area contributed by atoms with Crippen LogP contribution in [0.1, 0.15) is 51.9 Å². The Kier molecular flexibility index (Phi) is 3.23. The Labute approximate surface area is 126 Å². The maximum absolute atomic E-state index is 12.8. The van der Waals surface area contributed by atoms with Gasteiger partial charge < -0.3 is 4.74 Å². The number of hydrogen-bond donors (Lipinski definition) is 0. The minimum absolute atomic E-state index is 0.0275. The fraction of sp³-hybridized carbons (Fsp3) is 0.882.